The second kappa shape index (κ2) is 31.3. The summed E-state index contributed by atoms with van der Waals surface area (Å²) < 4.78 is 218. The molecule has 0 atom stereocenters. The molecular formula is C53H62N10O22S6. The Labute approximate surface area is 524 Å². The van der Waals surface area contributed by atoms with Crippen LogP contribution in [0.2, 0.25) is 0 Å². The van der Waals surface area contributed by atoms with E-state index in [4.69, 9.17) is 18.9 Å². The zero-order valence-electron chi connectivity index (χ0n) is 48.7. The van der Waals surface area contributed by atoms with E-state index in [-0.39, 0.29) is 137 Å². The molecule has 91 heavy (non-hydrogen) atoms. The average molecular weight is 1380 g/mol. The summed E-state index contributed by atoms with van der Waals surface area (Å²) in [6, 6.07) is 22.0. The normalized spacial score (nSPS) is 12.8. The van der Waals surface area contributed by atoms with Crippen LogP contribution in [0, 0.1) is 27.7 Å². The summed E-state index contributed by atoms with van der Waals surface area (Å²) in [4.78, 5) is -0.723. The summed E-state index contributed by atoms with van der Waals surface area (Å²) in [5, 5.41) is 40.9. The number of rotatable bonds is 34. The van der Waals surface area contributed by atoms with Crippen LogP contribution in [0.4, 0.5) is 56.9 Å². The Morgan fingerprint density at radius 1 is 0.330 bits per heavy atom. The minimum absolute atomic E-state index is 0.0563. The smallest absolute Gasteiger partial charge is 0.294 e. The van der Waals surface area contributed by atoms with E-state index < -0.39 is 83.7 Å². The van der Waals surface area contributed by atoms with Gasteiger partial charge in [0, 0.05) is 24.3 Å². The molecule has 0 fully saturated rings. The Balaban J connectivity index is 1.30. The van der Waals surface area contributed by atoms with Gasteiger partial charge < -0.3 is 29.6 Å². The molecule has 6 aromatic carbocycles. The molecule has 0 unspecified atom stereocenters. The second-order valence-electron chi connectivity index (χ2n) is 19.7. The molecule has 0 aromatic heterocycles. The first-order valence-electron chi connectivity index (χ1n) is 26.7. The Morgan fingerprint density at radius 3 is 0.868 bits per heavy atom. The monoisotopic (exact) mass is 1380 g/mol. The number of anilines is 2. The topological polar surface area (TPSA) is 486 Å². The third kappa shape index (κ3) is 24.6. The van der Waals surface area contributed by atoms with Crippen molar-refractivity contribution in [2.24, 2.45) is 40.9 Å². The van der Waals surface area contributed by atoms with E-state index in [9.17, 15) is 77.8 Å². The van der Waals surface area contributed by atoms with Crippen molar-refractivity contribution in [2.45, 2.75) is 63.2 Å². The first-order valence-corrected chi connectivity index (χ1v) is 36.0. The van der Waals surface area contributed by atoms with Crippen LogP contribution in [0.3, 0.4) is 0 Å². The summed E-state index contributed by atoms with van der Waals surface area (Å²) in [6.07, 6.45) is -0.530. The lowest BCUT2D eigenvalue weighted by atomic mass is 10.1. The van der Waals surface area contributed by atoms with Crippen LogP contribution in [-0.4, -0.2) is 134 Å². The molecule has 6 aromatic rings. The van der Waals surface area contributed by atoms with Gasteiger partial charge >= 0.3 is 0 Å². The van der Waals surface area contributed by atoms with Crippen molar-refractivity contribution in [2.75, 3.05) is 66.7 Å². The van der Waals surface area contributed by atoms with Crippen LogP contribution < -0.4 is 29.6 Å². The van der Waals surface area contributed by atoms with E-state index in [1.54, 1.807) is 52.0 Å². The summed E-state index contributed by atoms with van der Waals surface area (Å²) in [5.74, 6) is -2.12. The van der Waals surface area contributed by atoms with Crippen molar-refractivity contribution in [3.05, 3.63) is 119 Å². The van der Waals surface area contributed by atoms with E-state index in [1.165, 1.54) is 48.5 Å². The van der Waals surface area contributed by atoms with Crippen LogP contribution in [0.5, 0.6) is 23.0 Å². The highest BCUT2D eigenvalue weighted by Gasteiger charge is 2.18. The van der Waals surface area contributed by atoms with Crippen molar-refractivity contribution in [1.29, 1.82) is 0 Å². The lowest BCUT2D eigenvalue weighted by molar-refractivity contribution is 0.317. The van der Waals surface area contributed by atoms with Crippen molar-refractivity contribution in [3.63, 3.8) is 0 Å². The highest BCUT2D eigenvalue weighted by Crippen LogP contribution is 2.42. The molecule has 0 amide bonds. The molecule has 38 heteroatoms. The van der Waals surface area contributed by atoms with Gasteiger partial charge in [0.2, 0.25) is 0 Å². The van der Waals surface area contributed by atoms with Gasteiger partial charge in [0.1, 0.15) is 34.4 Å². The first-order chi connectivity index (χ1) is 42.5. The molecule has 0 saturated carbocycles. The van der Waals surface area contributed by atoms with Gasteiger partial charge in [-0.15, -0.1) is 10.2 Å². The standard InChI is InChI=1S/C53H62N10O22S6/c1-34-25-46(50(82-17-5-21-86(64,65)66)29-44(34)60-62-48-27-36(3)42(31-52(48)84-19-7-23-88(70,71)72)58-56-38-9-13-40(14-10-38)90(76,77)78)54-33-55-47-26-35(2)45(30-51(47)83-18-6-22-87(67,68)69)61-63-49-28-37(4)43(32-53(49)85-20-8-24-89(73,74)75)59-57-39-11-15-41(16-12-39)91(79,80)81/h9-16,25-32,54-55H,5-8,17-24,33H2,1-4H3,(H,64,65,66)(H,67,68,69)(H,70,71,72)(H,73,74,75)(H,76,77,78)(H,79,80,81)/b58-56-,59-57?,62-60-,63-61?. The maximum atomic E-state index is 11.6. The quantitative estimate of drug-likeness (QED) is 0.00805. The molecule has 0 aliphatic heterocycles. The van der Waals surface area contributed by atoms with E-state index in [1.807, 2.05) is 0 Å². The highest BCUT2D eigenvalue weighted by molar-refractivity contribution is 7.87. The predicted molar refractivity (Wildman–Crippen MR) is 332 cm³/mol. The summed E-state index contributed by atoms with van der Waals surface area (Å²) >= 11 is 0. The molecule has 6 rings (SSSR count). The number of azo groups is 4. The molecule has 0 aliphatic rings. The summed E-state index contributed by atoms with van der Waals surface area (Å²) in [6.45, 7) is 5.76. The largest absolute Gasteiger partial charge is 0.491 e. The number of aryl methyl sites for hydroxylation is 4. The Hall–Kier alpha value is -8.02. The van der Waals surface area contributed by atoms with Crippen molar-refractivity contribution in [1.82, 2.24) is 0 Å². The highest BCUT2D eigenvalue weighted by atomic mass is 32.2. The first kappa shape index (κ1) is 72.0. The Bertz CT molecular complexity index is 4160. The number of hydrogen-bond donors (Lipinski definition) is 8. The van der Waals surface area contributed by atoms with Gasteiger partial charge in [0.25, 0.3) is 60.7 Å². The fourth-order valence-electron chi connectivity index (χ4n) is 7.75. The van der Waals surface area contributed by atoms with E-state index in [0.29, 0.717) is 33.6 Å². The van der Waals surface area contributed by atoms with Crippen molar-refractivity contribution >= 4 is 118 Å². The molecular weight excluding hydrogens is 1320 g/mol. The fourth-order valence-corrected chi connectivity index (χ4v) is 10.6. The number of ether oxygens (including phenoxy) is 4. The molecule has 8 N–H and O–H groups in total. The Kier molecular flexibility index (Phi) is 24.8. The average Bonchev–Trinajstić information content (AvgIpc) is 1.06. The number of benzene rings is 6. The molecule has 0 heterocycles. The zero-order valence-corrected chi connectivity index (χ0v) is 53.6. The van der Waals surface area contributed by atoms with E-state index >= 15 is 0 Å². The number of hydrogen-bond acceptors (Lipinski definition) is 26. The summed E-state index contributed by atoms with van der Waals surface area (Å²) in [7, 11) is -26.3. The number of nitrogens with zero attached hydrogens (tertiary/aromatic N) is 8. The second-order valence-corrected chi connectivity index (χ2v) is 28.8. The van der Waals surface area contributed by atoms with E-state index in [0.717, 1.165) is 24.3 Å². The predicted octanol–water partition coefficient (Wildman–Crippen LogP) is 11.2. The fraction of sp³-hybridized carbons (Fsp3) is 0.321. The van der Waals surface area contributed by atoms with Gasteiger partial charge in [-0.1, -0.05) is 0 Å². The molecule has 0 spiro atoms. The van der Waals surface area contributed by atoms with Crippen LogP contribution in [0.1, 0.15) is 47.9 Å². The lowest BCUT2D eigenvalue weighted by Gasteiger charge is -2.18. The molecule has 492 valence electrons. The van der Waals surface area contributed by atoms with Crippen molar-refractivity contribution < 1.29 is 96.8 Å². The van der Waals surface area contributed by atoms with Crippen molar-refractivity contribution in [3.8, 4) is 23.0 Å². The van der Waals surface area contributed by atoms with Gasteiger partial charge in [-0.2, -0.15) is 81.2 Å². The van der Waals surface area contributed by atoms with Crippen LogP contribution in [0.15, 0.2) is 148 Å². The lowest BCUT2D eigenvalue weighted by Crippen LogP contribution is -2.15. The molecule has 32 nitrogen and oxygen atoms in total. The van der Waals surface area contributed by atoms with Gasteiger partial charge in [-0.25, -0.2) is 0 Å². The molecule has 0 saturated heterocycles. The van der Waals surface area contributed by atoms with Gasteiger partial charge in [0.15, 0.2) is 0 Å². The minimum Gasteiger partial charge on any atom is -0.491 e. The molecule has 0 aliphatic carbocycles. The van der Waals surface area contributed by atoms with Gasteiger partial charge in [-0.3, -0.25) is 27.3 Å². The van der Waals surface area contributed by atoms with Crippen LogP contribution in [-0.2, 0) is 60.7 Å². The maximum Gasteiger partial charge on any atom is 0.294 e. The minimum atomic E-state index is -4.47. The van der Waals surface area contributed by atoms with Gasteiger partial charge in [-0.05, 0) is 148 Å². The maximum absolute atomic E-state index is 11.6. The molecule has 0 bridgehead atoms. The molecule has 0 radical (unpaired) electrons. The number of nitrogens with one attached hydrogen (secondary N) is 2. The zero-order chi connectivity index (χ0) is 67.0. The Morgan fingerprint density at radius 2 is 0.582 bits per heavy atom. The summed E-state index contributed by atoms with van der Waals surface area (Å²) in [5.41, 5.74) is 4.33. The van der Waals surface area contributed by atoms with Crippen LogP contribution >= 0.6 is 0 Å². The third-order valence-corrected chi connectivity index (χ3v) is 17.2. The van der Waals surface area contributed by atoms with Gasteiger partial charge in [0.05, 0.1) is 111 Å². The van der Waals surface area contributed by atoms with E-state index in [2.05, 4.69) is 51.5 Å². The van der Waals surface area contributed by atoms with Crippen LogP contribution in [0.25, 0.3) is 0 Å². The SMILES string of the molecule is Cc1cc(N=Nc2cc(OCCCS(=O)(=O)O)c(NCNc3cc(C)c(/N=N\c4cc(C)c(/N=N\c5ccc(S(=O)(=O)O)cc5)cc4OCCCS(=O)(=O)O)cc3OCCCS(=O)(=O)O)cc2C)c(OCCCS(=O)(=O)O)cc1N=Nc1ccc(S(=O)(=O)O)cc1. The third-order valence-electron chi connectivity index (χ3n) is 12.3.